The topological polar surface area (TPSA) is 38.1 Å². The SMILES string of the molecule is CC#CC(=O)N1Cc2cnn(-c3ccccc3)c2CC(C)(C)C1. The van der Waals surface area contributed by atoms with Crippen LogP contribution in [0.5, 0.6) is 0 Å². The quantitative estimate of drug-likeness (QED) is 0.760. The predicted octanol–water partition coefficient (Wildman–Crippen LogP) is 2.81. The first-order valence-electron chi connectivity index (χ1n) is 7.83. The zero-order valence-corrected chi connectivity index (χ0v) is 13.8. The lowest BCUT2D eigenvalue weighted by Gasteiger charge is -2.28. The summed E-state index contributed by atoms with van der Waals surface area (Å²) in [6, 6.07) is 10.1. The number of hydrogen-bond donors (Lipinski definition) is 0. The predicted molar refractivity (Wildman–Crippen MR) is 89.9 cm³/mol. The molecule has 0 saturated carbocycles. The minimum Gasteiger partial charge on any atom is -0.327 e. The monoisotopic (exact) mass is 307 g/mol. The van der Waals surface area contributed by atoms with Crippen molar-refractivity contribution in [1.29, 1.82) is 0 Å². The fourth-order valence-corrected chi connectivity index (χ4v) is 3.14. The van der Waals surface area contributed by atoms with Gasteiger partial charge in [0.25, 0.3) is 5.91 Å². The van der Waals surface area contributed by atoms with Crippen LogP contribution in [0.4, 0.5) is 0 Å². The standard InChI is InChI=1S/C19H21N3O/c1-4-8-18(23)21-13-15-12-20-22(16-9-6-5-7-10-16)17(15)11-19(2,3)14-21/h5-7,9-10,12H,11,13-14H2,1-3H3. The van der Waals surface area contributed by atoms with E-state index in [1.807, 2.05) is 34.0 Å². The van der Waals surface area contributed by atoms with Crippen molar-refractivity contribution in [1.82, 2.24) is 14.7 Å². The van der Waals surface area contributed by atoms with E-state index in [0.29, 0.717) is 13.1 Å². The van der Waals surface area contributed by atoms with Crippen molar-refractivity contribution in [2.75, 3.05) is 6.54 Å². The smallest absolute Gasteiger partial charge is 0.298 e. The Hall–Kier alpha value is -2.54. The van der Waals surface area contributed by atoms with E-state index >= 15 is 0 Å². The highest BCUT2D eigenvalue weighted by molar-refractivity contribution is 5.93. The van der Waals surface area contributed by atoms with Gasteiger partial charge in [0.05, 0.1) is 11.9 Å². The van der Waals surface area contributed by atoms with Gasteiger partial charge in [0, 0.05) is 24.3 Å². The van der Waals surface area contributed by atoms with E-state index < -0.39 is 0 Å². The molecule has 0 spiro atoms. The van der Waals surface area contributed by atoms with E-state index in [0.717, 1.165) is 17.7 Å². The Labute approximate surface area is 137 Å². The molecule has 1 aliphatic heterocycles. The Morgan fingerprint density at radius 1 is 1.26 bits per heavy atom. The number of hydrogen-bond acceptors (Lipinski definition) is 2. The van der Waals surface area contributed by atoms with E-state index in [-0.39, 0.29) is 11.3 Å². The van der Waals surface area contributed by atoms with Crippen LogP contribution in [0.3, 0.4) is 0 Å². The molecule has 0 N–H and O–H groups in total. The first-order valence-corrected chi connectivity index (χ1v) is 7.83. The molecule has 2 heterocycles. The van der Waals surface area contributed by atoms with Gasteiger partial charge in [-0.1, -0.05) is 38.0 Å². The summed E-state index contributed by atoms with van der Waals surface area (Å²) in [5.74, 6) is 5.26. The summed E-state index contributed by atoms with van der Waals surface area (Å²) in [5, 5.41) is 4.56. The largest absolute Gasteiger partial charge is 0.327 e. The number of carbonyl (C=O) groups excluding carboxylic acids is 1. The Morgan fingerprint density at radius 3 is 2.70 bits per heavy atom. The molecule has 0 bridgehead atoms. The highest BCUT2D eigenvalue weighted by Gasteiger charge is 2.32. The van der Waals surface area contributed by atoms with Gasteiger partial charge >= 0.3 is 0 Å². The number of fused-ring (bicyclic) bond motifs is 1. The van der Waals surface area contributed by atoms with Gasteiger partial charge in [-0.25, -0.2) is 4.68 Å². The molecule has 4 nitrogen and oxygen atoms in total. The van der Waals surface area contributed by atoms with Gasteiger partial charge < -0.3 is 4.90 Å². The van der Waals surface area contributed by atoms with Crippen LogP contribution < -0.4 is 0 Å². The van der Waals surface area contributed by atoms with Crippen molar-refractivity contribution >= 4 is 5.91 Å². The first kappa shape index (κ1) is 15.4. The Bertz CT molecular complexity index is 778. The summed E-state index contributed by atoms with van der Waals surface area (Å²) in [4.78, 5) is 14.1. The molecule has 1 aromatic heterocycles. The molecule has 3 rings (SSSR count). The fourth-order valence-electron chi connectivity index (χ4n) is 3.14. The van der Waals surface area contributed by atoms with Crippen molar-refractivity contribution < 1.29 is 4.79 Å². The number of amides is 1. The number of aromatic nitrogens is 2. The number of nitrogens with zero attached hydrogens (tertiary/aromatic N) is 3. The molecule has 0 fully saturated rings. The van der Waals surface area contributed by atoms with Crippen molar-refractivity contribution in [2.45, 2.75) is 33.7 Å². The molecule has 23 heavy (non-hydrogen) atoms. The van der Waals surface area contributed by atoms with Crippen molar-refractivity contribution in [2.24, 2.45) is 5.41 Å². The molecule has 1 aromatic carbocycles. The maximum Gasteiger partial charge on any atom is 0.298 e. The average Bonchev–Trinajstić information content (AvgIpc) is 2.83. The third-order valence-electron chi connectivity index (χ3n) is 4.10. The zero-order chi connectivity index (χ0) is 16.4. The van der Waals surface area contributed by atoms with Crippen LogP contribution in [-0.2, 0) is 17.8 Å². The van der Waals surface area contributed by atoms with Crippen LogP contribution in [0.25, 0.3) is 5.69 Å². The lowest BCUT2D eigenvalue weighted by Crippen LogP contribution is -2.36. The minimum atomic E-state index is -0.110. The van der Waals surface area contributed by atoms with Crippen LogP contribution in [0, 0.1) is 17.3 Å². The fraction of sp³-hybridized carbons (Fsp3) is 0.368. The van der Waals surface area contributed by atoms with Crippen molar-refractivity contribution in [3.05, 3.63) is 47.8 Å². The number of benzene rings is 1. The Balaban J connectivity index is 2.02. The molecule has 0 saturated heterocycles. The summed E-state index contributed by atoms with van der Waals surface area (Å²) in [6.45, 7) is 7.33. The molecule has 0 unspecified atom stereocenters. The molecular weight excluding hydrogens is 286 g/mol. The van der Waals surface area contributed by atoms with Crippen LogP contribution in [0.15, 0.2) is 36.5 Å². The van der Waals surface area contributed by atoms with E-state index in [9.17, 15) is 4.79 Å². The summed E-state index contributed by atoms with van der Waals surface area (Å²) in [5.41, 5.74) is 3.31. The molecule has 1 aliphatic rings. The van der Waals surface area contributed by atoms with Gasteiger partial charge in [0.1, 0.15) is 0 Å². The van der Waals surface area contributed by atoms with Gasteiger partial charge in [-0.2, -0.15) is 5.10 Å². The summed E-state index contributed by atoms with van der Waals surface area (Å²) in [7, 11) is 0. The van der Waals surface area contributed by atoms with Gasteiger partial charge in [0.15, 0.2) is 0 Å². The van der Waals surface area contributed by atoms with E-state index in [2.05, 4.69) is 42.9 Å². The average molecular weight is 307 g/mol. The van der Waals surface area contributed by atoms with Gasteiger partial charge in [0.2, 0.25) is 0 Å². The van der Waals surface area contributed by atoms with Gasteiger partial charge in [-0.05, 0) is 36.8 Å². The number of rotatable bonds is 1. The van der Waals surface area contributed by atoms with Gasteiger partial charge in [-0.15, -0.1) is 0 Å². The van der Waals surface area contributed by atoms with Crippen LogP contribution in [0.1, 0.15) is 32.0 Å². The molecule has 4 heteroatoms. The van der Waals surface area contributed by atoms with Crippen LogP contribution in [-0.4, -0.2) is 27.1 Å². The molecule has 0 radical (unpaired) electrons. The molecular formula is C19H21N3O. The molecule has 2 aromatic rings. The summed E-state index contributed by atoms with van der Waals surface area (Å²) < 4.78 is 2.00. The summed E-state index contributed by atoms with van der Waals surface area (Å²) in [6.07, 6.45) is 2.75. The highest BCUT2D eigenvalue weighted by Crippen LogP contribution is 2.31. The molecule has 1 amide bonds. The Kier molecular flexibility index (Phi) is 3.96. The second-order valence-electron chi connectivity index (χ2n) is 6.74. The minimum absolute atomic E-state index is 0.0249. The van der Waals surface area contributed by atoms with Gasteiger partial charge in [-0.3, -0.25) is 4.79 Å². The Morgan fingerprint density at radius 2 is 2.00 bits per heavy atom. The second kappa shape index (κ2) is 5.92. The third-order valence-corrected chi connectivity index (χ3v) is 4.10. The normalized spacial score (nSPS) is 16.0. The highest BCUT2D eigenvalue weighted by atomic mass is 16.2. The lowest BCUT2D eigenvalue weighted by atomic mass is 9.87. The molecule has 0 aliphatic carbocycles. The first-order chi connectivity index (χ1) is 11.0. The molecule has 118 valence electrons. The number of para-hydroxylation sites is 1. The second-order valence-corrected chi connectivity index (χ2v) is 6.74. The maximum atomic E-state index is 12.3. The van der Waals surface area contributed by atoms with E-state index in [1.165, 1.54) is 5.69 Å². The third kappa shape index (κ3) is 3.14. The summed E-state index contributed by atoms with van der Waals surface area (Å²) >= 11 is 0. The maximum absolute atomic E-state index is 12.3. The lowest BCUT2D eigenvalue weighted by molar-refractivity contribution is -0.126. The zero-order valence-electron chi connectivity index (χ0n) is 13.8. The molecule has 0 atom stereocenters. The van der Waals surface area contributed by atoms with E-state index in [4.69, 9.17) is 0 Å². The van der Waals surface area contributed by atoms with Crippen LogP contribution >= 0.6 is 0 Å². The van der Waals surface area contributed by atoms with Crippen LogP contribution in [0.2, 0.25) is 0 Å². The van der Waals surface area contributed by atoms with E-state index in [1.54, 1.807) is 6.92 Å². The van der Waals surface area contributed by atoms with Crippen molar-refractivity contribution in [3.8, 4) is 17.5 Å². The number of carbonyl (C=O) groups is 1. The van der Waals surface area contributed by atoms with Crippen molar-refractivity contribution in [3.63, 3.8) is 0 Å².